The molecule has 1 aromatic carbocycles. The monoisotopic (exact) mass is 691 g/mol. The van der Waals surface area contributed by atoms with Crippen LogP contribution in [0.3, 0.4) is 0 Å². The van der Waals surface area contributed by atoms with Crippen molar-refractivity contribution in [3.8, 4) is 0 Å². The van der Waals surface area contributed by atoms with Gasteiger partial charge in [0.15, 0.2) is 5.78 Å². The Morgan fingerprint density at radius 1 is 1.00 bits per heavy atom. The topological polar surface area (TPSA) is 94.9 Å². The lowest BCUT2D eigenvalue weighted by molar-refractivity contribution is -0.173. The number of nitrogens with zero attached hydrogens (tertiary/aromatic N) is 1. The van der Waals surface area contributed by atoms with Gasteiger partial charge in [0.05, 0.1) is 22.8 Å². The maximum atomic E-state index is 14.9. The number of carbonyl (C=O) groups excluding carboxylic acids is 1. The molecule has 3 fully saturated rings. The fraction of sp³-hybridized carbons (Fsp3) is 0.553. The lowest BCUT2D eigenvalue weighted by Crippen LogP contribution is -2.67. The summed E-state index contributed by atoms with van der Waals surface area (Å²) in [5.74, 6) is 0.229. The highest BCUT2D eigenvalue weighted by atomic mass is 32.2. The summed E-state index contributed by atoms with van der Waals surface area (Å²) in [5.41, 5.74) is -2.08. The minimum atomic E-state index is -3.57. The third kappa shape index (κ3) is 4.49. The number of sulfonamides is 1. The number of aliphatic hydroxyl groups is 2. The predicted molar refractivity (Wildman–Crippen MR) is 189 cm³/mol. The molecule has 8 atom stereocenters. The molecule has 9 rings (SSSR count). The Morgan fingerprint density at radius 3 is 2.49 bits per heavy atom. The predicted octanol–water partition coefficient (Wildman–Crippen LogP) is 7.24. The molecule has 3 saturated carbocycles. The summed E-state index contributed by atoms with van der Waals surface area (Å²) < 4.78 is 28.9. The molecule has 3 aromatic rings. The zero-order valence-electron chi connectivity index (χ0n) is 27.4. The van der Waals surface area contributed by atoms with E-state index in [9.17, 15) is 23.4 Å². The van der Waals surface area contributed by atoms with Gasteiger partial charge in [-0.25, -0.2) is 8.42 Å². The molecule has 6 nitrogen and oxygen atoms in total. The van der Waals surface area contributed by atoms with E-state index in [0.717, 1.165) is 57.5 Å². The van der Waals surface area contributed by atoms with Gasteiger partial charge in [-0.05, 0) is 97.6 Å². The Labute approximate surface area is 286 Å². The molecular weight excluding hydrogens is 647 g/mol. The van der Waals surface area contributed by atoms with Crippen molar-refractivity contribution in [3.63, 3.8) is 0 Å². The van der Waals surface area contributed by atoms with Gasteiger partial charge in [-0.2, -0.15) is 4.31 Å². The van der Waals surface area contributed by atoms with Crippen LogP contribution in [0.5, 0.6) is 0 Å². The van der Waals surface area contributed by atoms with E-state index in [1.165, 1.54) is 10.6 Å². The van der Waals surface area contributed by atoms with Crippen LogP contribution < -0.4 is 0 Å². The van der Waals surface area contributed by atoms with Crippen molar-refractivity contribution in [2.45, 2.75) is 76.9 Å². The maximum absolute atomic E-state index is 14.9. The van der Waals surface area contributed by atoms with E-state index in [0.29, 0.717) is 25.8 Å². The molecule has 250 valence electrons. The van der Waals surface area contributed by atoms with Gasteiger partial charge < -0.3 is 10.2 Å². The van der Waals surface area contributed by atoms with Crippen molar-refractivity contribution in [2.75, 3.05) is 19.3 Å². The molecule has 6 aliphatic carbocycles. The summed E-state index contributed by atoms with van der Waals surface area (Å²) in [4.78, 5) is 16.8. The molecule has 2 N–H and O–H groups in total. The molecular formula is C38H45NO5S3. The summed E-state index contributed by atoms with van der Waals surface area (Å²) in [5, 5.41) is 26.8. The second-order valence-corrected chi connectivity index (χ2v) is 19.8. The molecule has 1 unspecified atom stereocenters. The van der Waals surface area contributed by atoms with Crippen molar-refractivity contribution in [1.82, 2.24) is 4.31 Å². The highest BCUT2D eigenvalue weighted by Crippen LogP contribution is 2.78. The minimum absolute atomic E-state index is 0.0275. The number of carbonyl (C=O) groups is 1. The summed E-state index contributed by atoms with van der Waals surface area (Å²) in [7, 11) is -3.57. The maximum Gasteiger partial charge on any atom is 0.211 e. The second kappa shape index (κ2) is 10.7. The van der Waals surface area contributed by atoms with E-state index in [1.807, 2.05) is 35.7 Å². The normalized spacial score (nSPS) is 39.1. The number of hydrogen-bond donors (Lipinski definition) is 2. The SMILES string of the molecule is C[C@]12CC[C@H]3[C@]4(C=C[C@@]5(C=C4C(=O)c4cc6ccccc6s4)CC(O)CC[C@]35C)[C@@H]1CC[C@@]2(O)CN(CCc1cccs1)S(C)(=O)=O. The fourth-order valence-corrected chi connectivity index (χ4v) is 13.8. The number of thiophene rings is 2. The van der Waals surface area contributed by atoms with Gasteiger partial charge >= 0.3 is 0 Å². The molecule has 2 bridgehead atoms. The molecule has 2 spiro atoms. The molecule has 0 aliphatic heterocycles. The van der Waals surface area contributed by atoms with Crippen LogP contribution in [0.15, 0.2) is 71.6 Å². The van der Waals surface area contributed by atoms with Crippen LogP contribution in [0.4, 0.5) is 0 Å². The number of benzene rings is 1. The van der Waals surface area contributed by atoms with E-state index in [4.69, 9.17) is 0 Å². The van der Waals surface area contributed by atoms with Gasteiger partial charge in [0, 0.05) is 44.5 Å². The van der Waals surface area contributed by atoms with E-state index in [-0.39, 0.29) is 29.6 Å². The molecule has 0 radical (unpaired) electrons. The summed E-state index contributed by atoms with van der Waals surface area (Å²) in [6.07, 6.45) is 13.5. The van der Waals surface area contributed by atoms with E-state index in [1.54, 1.807) is 22.7 Å². The fourth-order valence-electron chi connectivity index (χ4n) is 11.2. The average molecular weight is 692 g/mol. The van der Waals surface area contributed by atoms with Crippen LogP contribution >= 0.6 is 22.7 Å². The first-order valence-corrected chi connectivity index (χ1v) is 20.6. The van der Waals surface area contributed by atoms with Crippen molar-refractivity contribution in [1.29, 1.82) is 0 Å². The van der Waals surface area contributed by atoms with Gasteiger partial charge in [-0.1, -0.05) is 56.3 Å². The number of fused-ring (bicyclic) bond motifs is 2. The van der Waals surface area contributed by atoms with Crippen LogP contribution in [-0.4, -0.2) is 59.8 Å². The Bertz CT molecular complexity index is 1880. The van der Waals surface area contributed by atoms with Crippen LogP contribution in [0, 0.1) is 33.5 Å². The first-order valence-electron chi connectivity index (χ1n) is 17.1. The Morgan fingerprint density at radius 2 is 1.74 bits per heavy atom. The lowest BCUT2D eigenvalue weighted by atomic mass is 9.32. The Balaban J connectivity index is 1.22. The number of allylic oxidation sites excluding steroid dienone is 4. The van der Waals surface area contributed by atoms with Crippen LogP contribution in [-0.2, 0) is 16.4 Å². The quantitative estimate of drug-likeness (QED) is 0.192. The van der Waals surface area contributed by atoms with E-state index < -0.39 is 38.0 Å². The smallest absolute Gasteiger partial charge is 0.211 e. The summed E-state index contributed by atoms with van der Waals surface area (Å²) >= 11 is 3.16. The highest BCUT2D eigenvalue weighted by Gasteiger charge is 2.74. The van der Waals surface area contributed by atoms with Gasteiger partial charge in [0.2, 0.25) is 10.0 Å². The number of hydrogen-bond acceptors (Lipinski definition) is 7. The zero-order chi connectivity index (χ0) is 33.0. The largest absolute Gasteiger partial charge is 0.393 e. The second-order valence-electron chi connectivity index (χ2n) is 15.7. The van der Waals surface area contributed by atoms with Gasteiger partial charge in [-0.15, -0.1) is 22.7 Å². The Hall–Kier alpha value is -2.14. The average Bonchev–Trinajstić information content (AvgIpc) is 3.76. The first kappa shape index (κ1) is 32.1. The number of aliphatic hydroxyl groups excluding tert-OH is 1. The van der Waals surface area contributed by atoms with Gasteiger partial charge in [0.1, 0.15) is 0 Å². The zero-order valence-corrected chi connectivity index (χ0v) is 29.9. The van der Waals surface area contributed by atoms with E-state index >= 15 is 0 Å². The molecule has 2 aromatic heterocycles. The summed E-state index contributed by atoms with van der Waals surface area (Å²) in [6.45, 7) is 4.95. The first-order chi connectivity index (χ1) is 22.2. The molecule has 0 saturated heterocycles. The third-order valence-corrected chi connectivity index (χ3v) is 17.0. The van der Waals surface area contributed by atoms with Crippen LogP contribution in [0.25, 0.3) is 10.1 Å². The number of Topliss-reactive ketones (excluding diaryl/α,β-unsaturated/α-hetero) is 1. The van der Waals surface area contributed by atoms with Crippen molar-refractivity contribution in [2.24, 2.45) is 33.5 Å². The molecule has 2 heterocycles. The Kier molecular flexibility index (Phi) is 7.29. The lowest BCUT2D eigenvalue weighted by Gasteiger charge is -2.71. The molecule has 9 heteroatoms. The third-order valence-electron chi connectivity index (χ3n) is 13.7. The van der Waals surface area contributed by atoms with Gasteiger partial charge in [-0.3, -0.25) is 4.79 Å². The molecule has 0 amide bonds. The van der Waals surface area contributed by atoms with Crippen molar-refractivity contribution >= 4 is 48.6 Å². The van der Waals surface area contributed by atoms with E-state index in [2.05, 4.69) is 44.2 Å². The van der Waals surface area contributed by atoms with Gasteiger partial charge in [0.25, 0.3) is 0 Å². The number of ketones is 1. The molecule has 47 heavy (non-hydrogen) atoms. The van der Waals surface area contributed by atoms with Crippen molar-refractivity contribution in [3.05, 3.63) is 81.4 Å². The van der Waals surface area contributed by atoms with Crippen LogP contribution in [0.2, 0.25) is 0 Å². The summed E-state index contributed by atoms with van der Waals surface area (Å²) in [6, 6.07) is 14.2. The van der Waals surface area contributed by atoms with Crippen LogP contribution in [0.1, 0.15) is 73.3 Å². The minimum Gasteiger partial charge on any atom is -0.393 e. The highest BCUT2D eigenvalue weighted by molar-refractivity contribution is 7.88. The van der Waals surface area contributed by atoms with Crippen molar-refractivity contribution < 1.29 is 23.4 Å². The molecule has 6 aliphatic rings. The number of rotatable bonds is 8. The standard InChI is InChI=1S/C38H45NO5S3/c1-34-14-10-26(40)22-36(34)17-18-38(28(23-36)33(41)30-21-25-7-4-5-9-29(25)46-30)31(34)11-15-35(2)32(38)12-16-37(35,42)24-39(47(3,43)44)19-13-27-8-6-20-45-27/h4-9,17-18,20-21,23,26,31-32,40,42H,10-16,19,22,24H2,1-3H3/t26?,31-,32-,34-,35+,36+,37-,38-/m1/s1.